The molecule has 0 saturated carbocycles. The Labute approximate surface area is 202 Å². The molecule has 2 aromatic heterocycles. The minimum atomic E-state index is -4.78. The van der Waals surface area contributed by atoms with Crippen molar-refractivity contribution in [2.75, 3.05) is 6.54 Å². The van der Waals surface area contributed by atoms with Crippen molar-refractivity contribution in [3.63, 3.8) is 0 Å². The van der Waals surface area contributed by atoms with E-state index < -0.39 is 46.7 Å². The first-order valence-electron chi connectivity index (χ1n) is 10.6. The van der Waals surface area contributed by atoms with Gasteiger partial charge in [0.2, 0.25) is 0 Å². The van der Waals surface area contributed by atoms with Crippen LogP contribution in [0, 0.1) is 11.8 Å². The first kappa shape index (κ1) is 26.3. The highest BCUT2D eigenvalue weighted by Crippen LogP contribution is 2.32. The minimum absolute atomic E-state index is 0.0535. The van der Waals surface area contributed by atoms with Crippen molar-refractivity contribution in [2.24, 2.45) is 5.73 Å². The van der Waals surface area contributed by atoms with Crippen molar-refractivity contribution in [3.05, 3.63) is 56.7 Å². The summed E-state index contributed by atoms with van der Waals surface area (Å²) in [4.78, 5) is 43.5. The van der Waals surface area contributed by atoms with Gasteiger partial charge in [-0.1, -0.05) is 48.0 Å². The van der Waals surface area contributed by atoms with Crippen LogP contribution in [0.5, 0.6) is 0 Å². The van der Waals surface area contributed by atoms with Crippen LogP contribution in [0.25, 0.3) is 11.2 Å². The average molecular weight is 508 g/mol. The van der Waals surface area contributed by atoms with E-state index in [1.54, 1.807) is 25.1 Å². The summed E-state index contributed by atoms with van der Waals surface area (Å²) in [7, 11) is 0. The number of nitrogens with zero attached hydrogens (tertiary/aromatic N) is 4. The van der Waals surface area contributed by atoms with Crippen molar-refractivity contribution in [1.29, 1.82) is 0 Å². The van der Waals surface area contributed by atoms with E-state index in [1.807, 2.05) is 13.8 Å². The Hall–Kier alpha value is -3.30. The molecule has 1 aromatic carbocycles. The third kappa shape index (κ3) is 5.86. The molecule has 0 fully saturated rings. The van der Waals surface area contributed by atoms with Crippen LogP contribution >= 0.6 is 11.8 Å². The number of halogens is 3. The zero-order chi connectivity index (χ0) is 26.0. The SMILES string of the molecule is CC#CCn1c(SC(C)(C)CN)nc2c1c(=O)n(CC(=O)c1ccccc1)c(=O)n2CC(F)(F)F. The molecule has 3 rings (SSSR count). The van der Waals surface area contributed by atoms with Gasteiger partial charge in [-0.3, -0.25) is 18.7 Å². The van der Waals surface area contributed by atoms with E-state index in [4.69, 9.17) is 5.73 Å². The second kappa shape index (κ2) is 10.1. The molecule has 12 heteroatoms. The number of fused-ring (bicyclic) bond motifs is 1. The maximum absolute atomic E-state index is 13.5. The number of carbonyl (C=O) groups is 1. The van der Waals surface area contributed by atoms with E-state index >= 15 is 0 Å². The summed E-state index contributed by atoms with van der Waals surface area (Å²) >= 11 is 1.15. The fourth-order valence-electron chi connectivity index (χ4n) is 3.26. The highest BCUT2D eigenvalue weighted by atomic mass is 32.2. The maximum Gasteiger partial charge on any atom is 0.406 e. The van der Waals surface area contributed by atoms with Crippen LogP contribution in [0.2, 0.25) is 0 Å². The molecule has 0 radical (unpaired) electrons. The second-order valence-electron chi connectivity index (χ2n) is 8.31. The number of benzene rings is 1. The van der Waals surface area contributed by atoms with E-state index in [-0.39, 0.29) is 29.3 Å². The van der Waals surface area contributed by atoms with Gasteiger partial charge in [0.1, 0.15) is 6.54 Å². The van der Waals surface area contributed by atoms with E-state index in [2.05, 4.69) is 16.8 Å². The monoisotopic (exact) mass is 507 g/mol. The zero-order valence-electron chi connectivity index (χ0n) is 19.3. The number of rotatable bonds is 8. The van der Waals surface area contributed by atoms with Gasteiger partial charge in [-0.05, 0) is 20.8 Å². The maximum atomic E-state index is 13.5. The van der Waals surface area contributed by atoms with Crippen LogP contribution in [0.3, 0.4) is 0 Å². The molecule has 35 heavy (non-hydrogen) atoms. The molecule has 0 amide bonds. The first-order valence-corrected chi connectivity index (χ1v) is 11.4. The standard InChI is InChI=1S/C23H24F3N5O3S/c1-4-5-11-29-17-18(28-20(29)35-22(2,3)13-27)31(14-23(24,25)26)21(34)30(19(17)33)12-16(32)15-9-7-6-8-10-15/h6-10H,11-14,27H2,1-3H3. The van der Waals surface area contributed by atoms with E-state index in [0.717, 1.165) is 11.8 Å². The van der Waals surface area contributed by atoms with Gasteiger partial charge in [0.05, 0.1) is 13.1 Å². The second-order valence-corrected chi connectivity index (χ2v) is 9.98. The highest BCUT2D eigenvalue weighted by Gasteiger charge is 2.33. The lowest BCUT2D eigenvalue weighted by Gasteiger charge is -2.21. The molecule has 2 heterocycles. The van der Waals surface area contributed by atoms with Gasteiger partial charge in [0, 0.05) is 16.9 Å². The van der Waals surface area contributed by atoms with Gasteiger partial charge in [0.25, 0.3) is 5.56 Å². The van der Waals surface area contributed by atoms with Crippen LogP contribution in [0.15, 0.2) is 45.1 Å². The number of carbonyl (C=O) groups excluding carboxylic acids is 1. The Kier molecular flexibility index (Phi) is 7.62. The molecule has 0 aliphatic rings. The van der Waals surface area contributed by atoms with Crippen LogP contribution in [-0.4, -0.2) is 41.9 Å². The number of hydrogen-bond donors (Lipinski definition) is 1. The Morgan fingerprint density at radius 2 is 1.77 bits per heavy atom. The number of Topliss-reactive ketones (excluding diaryl/α,β-unsaturated/α-hetero) is 1. The van der Waals surface area contributed by atoms with E-state index in [0.29, 0.717) is 9.13 Å². The molecule has 0 saturated heterocycles. The van der Waals surface area contributed by atoms with Crippen molar-refractivity contribution in [1.82, 2.24) is 18.7 Å². The Balaban J connectivity index is 2.33. The number of ketones is 1. The molecule has 0 bridgehead atoms. The normalized spacial score (nSPS) is 12.0. The summed E-state index contributed by atoms with van der Waals surface area (Å²) in [6.45, 7) is 2.96. The fraction of sp³-hybridized carbons (Fsp3) is 0.391. The minimum Gasteiger partial charge on any atom is -0.329 e. The number of aromatic nitrogens is 4. The smallest absolute Gasteiger partial charge is 0.329 e. The van der Waals surface area contributed by atoms with E-state index in [1.165, 1.54) is 16.7 Å². The largest absolute Gasteiger partial charge is 0.406 e. The van der Waals surface area contributed by atoms with Crippen LogP contribution in [0.4, 0.5) is 13.2 Å². The van der Waals surface area contributed by atoms with Gasteiger partial charge in [-0.15, -0.1) is 5.92 Å². The predicted octanol–water partition coefficient (Wildman–Crippen LogP) is 2.66. The van der Waals surface area contributed by atoms with Crippen molar-refractivity contribution < 1.29 is 18.0 Å². The summed E-state index contributed by atoms with van der Waals surface area (Å²) in [5, 5.41) is 0.192. The summed E-state index contributed by atoms with van der Waals surface area (Å²) in [5.74, 6) is 4.87. The summed E-state index contributed by atoms with van der Waals surface area (Å²) < 4.78 is 42.0. The van der Waals surface area contributed by atoms with Gasteiger partial charge in [-0.25, -0.2) is 9.78 Å². The lowest BCUT2D eigenvalue weighted by atomic mass is 10.1. The number of imidazole rings is 1. The molecule has 2 N–H and O–H groups in total. The van der Waals surface area contributed by atoms with Gasteiger partial charge in [-0.2, -0.15) is 13.2 Å². The van der Waals surface area contributed by atoms with Crippen LogP contribution < -0.4 is 17.0 Å². The molecule has 0 unspecified atom stereocenters. The fourth-order valence-corrected chi connectivity index (χ4v) is 4.24. The Bertz CT molecular complexity index is 1430. The third-order valence-corrected chi connectivity index (χ3v) is 6.30. The van der Waals surface area contributed by atoms with Gasteiger partial charge >= 0.3 is 11.9 Å². The molecular weight excluding hydrogens is 483 g/mol. The molecule has 186 valence electrons. The molecular formula is C23H24F3N5O3S. The average Bonchev–Trinajstić information content (AvgIpc) is 3.15. The molecule has 3 aromatic rings. The van der Waals surface area contributed by atoms with Crippen molar-refractivity contribution >= 4 is 28.7 Å². The number of hydrogen-bond acceptors (Lipinski definition) is 6. The van der Waals surface area contributed by atoms with Crippen LogP contribution in [0.1, 0.15) is 31.1 Å². The number of nitrogens with two attached hydrogens (primary N) is 1. The number of alkyl halides is 3. The van der Waals surface area contributed by atoms with Crippen molar-refractivity contribution in [2.45, 2.75) is 56.5 Å². The first-order chi connectivity index (χ1) is 16.4. The quantitative estimate of drug-likeness (QED) is 0.286. The lowest BCUT2D eigenvalue weighted by molar-refractivity contribution is -0.140. The molecule has 0 aliphatic carbocycles. The molecule has 8 nitrogen and oxygen atoms in total. The number of thioether (sulfide) groups is 1. The molecule has 0 spiro atoms. The summed E-state index contributed by atoms with van der Waals surface area (Å²) in [6.07, 6.45) is -4.78. The zero-order valence-corrected chi connectivity index (χ0v) is 20.2. The van der Waals surface area contributed by atoms with Crippen molar-refractivity contribution in [3.8, 4) is 11.8 Å². The lowest BCUT2D eigenvalue weighted by Crippen LogP contribution is -2.44. The van der Waals surface area contributed by atoms with Crippen LogP contribution in [-0.2, 0) is 19.6 Å². The summed E-state index contributed by atoms with van der Waals surface area (Å²) in [5.41, 5.74) is 3.16. The topological polar surface area (TPSA) is 105 Å². The molecule has 0 aliphatic heterocycles. The summed E-state index contributed by atoms with van der Waals surface area (Å²) in [6, 6.07) is 7.86. The third-order valence-electron chi connectivity index (χ3n) is 5.09. The van der Waals surface area contributed by atoms with Gasteiger partial charge < -0.3 is 10.3 Å². The van der Waals surface area contributed by atoms with Gasteiger partial charge in [0.15, 0.2) is 22.1 Å². The predicted molar refractivity (Wildman–Crippen MR) is 128 cm³/mol. The Morgan fingerprint density at radius 3 is 2.34 bits per heavy atom. The van der Waals surface area contributed by atoms with E-state index in [9.17, 15) is 27.6 Å². The molecule has 0 atom stereocenters. The highest BCUT2D eigenvalue weighted by molar-refractivity contribution is 8.00. The Morgan fingerprint density at radius 1 is 1.11 bits per heavy atom.